The van der Waals surface area contributed by atoms with Crippen molar-refractivity contribution in [2.45, 2.75) is 25.3 Å². The molecule has 0 spiro atoms. The van der Waals surface area contributed by atoms with Crippen LogP contribution in [0, 0.1) is 11.8 Å². The maximum Gasteiger partial charge on any atom is 0.246 e. The lowest BCUT2D eigenvalue weighted by Gasteiger charge is -2.12. The molecule has 0 aromatic rings. The molecule has 1 heterocycles. The molecule has 0 bridgehead atoms. The molecule has 5 nitrogen and oxygen atoms in total. The third kappa shape index (κ3) is 4.61. The molecule has 1 amide bonds. The Morgan fingerprint density at radius 1 is 1.47 bits per heavy atom. The molecule has 5 heteroatoms. The molecule has 17 heavy (non-hydrogen) atoms. The molecule has 1 saturated carbocycles. The number of ether oxygens (including phenoxy) is 2. The minimum absolute atomic E-state index is 0.0694. The SMILES string of the molecule is NC(CNC(=O)COCC1CCOC1)C1CC1. The molecular weight excluding hydrogens is 220 g/mol. The Bertz CT molecular complexity index is 250. The summed E-state index contributed by atoms with van der Waals surface area (Å²) in [4.78, 5) is 11.4. The second-order valence-corrected chi connectivity index (χ2v) is 5.05. The molecule has 3 N–H and O–H groups in total. The minimum atomic E-state index is -0.0694. The summed E-state index contributed by atoms with van der Waals surface area (Å²) >= 11 is 0. The van der Waals surface area contributed by atoms with Crippen molar-refractivity contribution < 1.29 is 14.3 Å². The summed E-state index contributed by atoms with van der Waals surface area (Å²) in [6.07, 6.45) is 3.44. The molecule has 1 saturated heterocycles. The first-order chi connectivity index (χ1) is 8.25. The van der Waals surface area contributed by atoms with E-state index in [1.165, 1.54) is 12.8 Å². The maximum absolute atomic E-state index is 11.4. The van der Waals surface area contributed by atoms with Crippen LogP contribution in [0.1, 0.15) is 19.3 Å². The van der Waals surface area contributed by atoms with Crippen LogP contribution >= 0.6 is 0 Å². The van der Waals surface area contributed by atoms with E-state index >= 15 is 0 Å². The molecule has 0 aromatic carbocycles. The van der Waals surface area contributed by atoms with E-state index in [4.69, 9.17) is 15.2 Å². The highest BCUT2D eigenvalue weighted by atomic mass is 16.5. The zero-order valence-electron chi connectivity index (χ0n) is 10.2. The van der Waals surface area contributed by atoms with Crippen molar-refractivity contribution in [2.75, 3.05) is 33.0 Å². The highest BCUT2D eigenvalue weighted by Crippen LogP contribution is 2.31. The first-order valence-corrected chi connectivity index (χ1v) is 6.43. The molecule has 1 aliphatic heterocycles. The van der Waals surface area contributed by atoms with Gasteiger partial charge in [-0.25, -0.2) is 0 Å². The number of hydrogen-bond acceptors (Lipinski definition) is 4. The Kier molecular flexibility index (Phi) is 4.76. The van der Waals surface area contributed by atoms with E-state index in [0.717, 1.165) is 19.6 Å². The third-order valence-electron chi connectivity index (χ3n) is 3.37. The van der Waals surface area contributed by atoms with Crippen LogP contribution < -0.4 is 11.1 Å². The number of amides is 1. The van der Waals surface area contributed by atoms with Crippen LogP contribution in [0.5, 0.6) is 0 Å². The van der Waals surface area contributed by atoms with E-state index in [1.54, 1.807) is 0 Å². The second-order valence-electron chi connectivity index (χ2n) is 5.05. The lowest BCUT2D eigenvalue weighted by molar-refractivity contribution is -0.126. The van der Waals surface area contributed by atoms with Crippen molar-refractivity contribution in [2.24, 2.45) is 17.6 Å². The van der Waals surface area contributed by atoms with E-state index < -0.39 is 0 Å². The van der Waals surface area contributed by atoms with Gasteiger partial charge in [-0.05, 0) is 25.2 Å². The number of hydrogen-bond donors (Lipinski definition) is 2. The average Bonchev–Trinajstić information content (AvgIpc) is 3.05. The van der Waals surface area contributed by atoms with E-state index in [0.29, 0.717) is 25.0 Å². The van der Waals surface area contributed by atoms with Crippen molar-refractivity contribution in [3.8, 4) is 0 Å². The van der Waals surface area contributed by atoms with Gasteiger partial charge in [0.1, 0.15) is 6.61 Å². The lowest BCUT2D eigenvalue weighted by atomic mass is 10.1. The zero-order chi connectivity index (χ0) is 12.1. The molecule has 98 valence electrons. The number of carbonyl (C=O) groups is 1. The van der Waals surface area contributed by atoms with Crippen molar-refractivity contribution in [1.82, 2.24) is 5.32 Å². The van der Waals surface area contributed by atoms with Gasteiger partial charge >= 0.3 is 0 Å². The Morgan fingerprint density at radius 2 is 2.29 bits per heavy atom. The van der Waals surface area contributed by atoms with Gasteiger partial charge in [-0.1, -0.05) is 0 Å². The monoisotopic (exact) mass is 242 g/mol. The van der Waals surface area contributed by atoms with Crippen LogP contribution in [0.4, 0.5) is 0 Å². The summed E-state index contributed by atoms with van der Waals surface area (Å²) in [6.45, 7) is 2.89. The fraction of sp³-hybridized carbons (Fsp3) is 0.917. The van der Waals surface area contributed by atoms with E-state index in [-0.39, 0.29) is 18.6 Å². The molecule has 2 unspecified atom stereocenters. The Labute approximate surface area is 102 Å². The maximum atomic E-state index is 11.4. The van der Waals surface area contributed by atoms with Crippen LogP contribution in [0.15, 0.2) is 0 Å². The standard InChI is InChI=1S/C12H22N2O3/c13-11(10-1-2-10)5-14-12(15)8-17-7-9-3-4-16-6-9/h9-11H,1-8,13H2,(H,14,15). The quantitative estimate of drug-likeness (QED) is 0.653. The van der Waals surface area contributed by atoms with Gasteiger partial charge in [0, 0.05) is 25.1 Å². The van der Waals surface area contributed by atoms with Gasteiger partial charge in [0.2, 0.25) is 5.91 Å². The summed E-state index contributed by atoms with van der Waals surface area (Å²) < 4.78 is 10.6. The summed E-state index contributed by atoms with van der Waals surface area (Å²) in [5.41, 5.74) is 5.88. The van der Waals surface area contributed by atoms with Crippen LogP contribution in [0.3, 0.4) is 0 Å². The number of nitrogens with two attached hydrogens (primary N) is 1. The molecule has 1 aliphatic carbocycles. The van der Waals surface area contributed by atoms with Crippen molar-refractivity contribution in [3.63, 3.8) is 0 Å². The molecule has 2 rings (SSSR count). The van der Waals surface area contributed by atoms with Gasteiger partial charge in [-0.3, -0.25) is 4.79 Å². The average molecular weight is 242 g/mol. The van der Waals surface area contributed by atoms with Gasteiger partial charge in [0.05, 0.1) is 13.2 Å². The van der Waals surface area contributed by atoms with E-state index in [2.05, 4.69) is 5.32 Å². The molecule has 2 atom stereocenters. The van der Waals surface area contributed by atoms with Crippen LogP contribution in [-0.2, 0) is 14.3 Å². The topological polar surface area (TPSA) is 73.6 Å². The van der Waals surface area contributed by atoms with Crippen LogP contribution in [-0.4, -0.2) is 44.9 Å². The largest absolute Gasteiger partial charge is 0.381 e. The van der Waals surface area contributed by atoms with Gasteiger partial charge in [-0.2, -0.15) is 0 Å². The van der Waals surface area contributed by atoms with Gasteiger partial charge < -0.3 is 20.5 Å². The predicted molar refractivity (Wildman–Crippen MR) is 63.5 cm³/mol. The number of rotatable bonds is 7. The van der Waals surface area contributed by atoms with E-state index in [9.17, 15) is 4.79 Å². The highest BCUT2D eigenvalue weighted by Gasteiger charge is 2.28. The van der Waals surface area contributed by atoms with E-state index in [1.807, 2.05) is 0 Å². The molecule has 2 aliphatic rings. The fourth-order valence-electron chi connectivity index (χ4n) is 2.01. The van der Waals surface area contributed by atoms with Crippen molar-refractivity contribution in [3.05, 3.63) is 0 Å². The van der Waals surface area contributed by atoms with Gasteiger partial charge in [0.25, 0.3) is 0 Å². The Balaban J connectivity index is 1.48. The number of nitrogens with one attached hydrogen (secondary N) is 1. The summed E-state index contributed by atoms with van der Waals surface area (Å²) in [5, 5.41) is 2.81. The minimum Gasteiger partial charge on any atom is -0.381 e. The van der Waals surface area contributed by atoms with Gasteiger partial charge in [0.15, 0.2) is 0 Å². The molecule has 2 fully saturated rings. The predicted octanol–water partition coefficient (Wildman–Crippen LogP) is -0.107. The first-order valence-electron chi connectivity index (χ1n) is 6.43. The second kappa shape index (κ2) is 6.33. The Hall–Kier alpha value is -0.650. The third-order valence-corrected chi connectivity index (χ3v) is 3.37. The van der Waals surface area contributed by atoms with Crippen LogP contribution in [0.2, 0.25) is 0 Å². The molecule has 0 radical (unpaired) electrons. The normalized spacial score (nSPS) is 25.8. The summed E-state index contributed by atoms with van der Waals surface area (Å²) in [5.74, 6) is 1.00. The van der Waals surface area contributed by atoms with Crippen LogP contribution in [0.25, 0.3) is 0 Å². The fourth-order valence-corrected chi connectivity index (χ4v) is 2.01. The summed E-state index contributed by atoms with van der Waals surface area (Å²) in [7, 11) is 0. The van der Waals surface area contributed by atoms with Gasteiger partial charge in [-0.15, -0.1) is 0 Å². The first kappa shape index (κ1) is 12.8. The molecular formula is C12H22N2O3. The smallest absolute Gasteiger partial charge is 0.246 e. The molecule has 0 aromatic heterocycles. The highest BCUT2D eigenvalue weighted by molar-refractivity contribution is 5.77. The summed E-state index contributed by atoms with van der Waals surface area (Å²) in [6, 6.07) is 0.113. The zero-order valence-corrected chi connectivity index (χ0v) is 10.2. The van der Waals surface area contributed by atoms with Crippen molar-refractivity contribution >= 4 is 5.91 Å². The Morgan fingerprint density at radius 3 is 2.94 bits per heavy atom. The lowest BCUT2D eigenvalue weighted by Crippen LogP contribution is -2.40. The number of carbonyl (C=O) groups excluding carboxylic acids is 1. The van der Waals surface area contributed by atoms with Crippen molar-refractivity contribution in [1.29, 1.82) is 0 Å².